The first-order valence-corrected chi connectivity index (χ1v) is 5.82. The fraction of sp³-hybridized carbons (Fsp3) is 0.818. The van der Waals surface area contributed by atoms with Gasteiger partial charge in [-0.1, -0.05) is 0 Å². The summed E-state index contributed by atoms with van der Waals surface area (Å²) in [6.07, 6.45) is -2.00. The zero-order valence-electron chi connectivity index (χ0n) is 10.8. The van der Waals surface area contributed by atoms with Crippen LogP contribution in [0.4, 0.5) is 4.79 Å². The first-order valence-electron chi connectivity index (χ1n) is 5.28. The maximum Gasteiger partial charge on any atom is 0.172 e. The van der Waals surface area contributed by atoms with Gasteiger partial charge in [-0.15, -0.1) is 11.6 Å². The third-order valence-corrected chi connectivity index (χ3v) is 2.74. The molecule has 0 fully saturated rings. The number of ketones is 1. The summed E-state index contributed by atoms with van der Waals surface area (Å²) in [5.41, 5.74) is -0.766. The Morgan fingerprint density at radius 2 is 1.88 bits per heavy atom. The summed E-state index contributed by atoms with van der Waals surface area (Å²) in [6, 6.07) is -0.956. The van der Waals surface area contributed by atoms with E-state index >= 15 is 0 Å². The van der Waals surface area contributed by atoms with E-state index in [2.05, 4.69) is 0 Å². The average Bonchev–Trinajstić information content (AvgIpc) is 2.21. The van der Waals surface area contributed by atoms with Gasteiger partial charge >= 0.3 is 0 Å². The molecule has 0 aromatic rings. The van der Waals surface area contributed by atoms with Crippen LogP contribution >= 0.6 is 11.6 Å². The number of halogens is 1. The highest BCUT2D eigenvalue weighted by Gasteiger charge is 2.36. The number of ether oxygens (including phenoxy) is 1. The van der Waals surface area contributed by atoms with Crippen molar-refractivity contribution in [2.24, 2.45) is 0 Å². The van der Waals surface area contributed by atoms with E-state index in [1.54, 1.807) is 27.7 Å². The molecule has 0 aromatic carbocycles. The molecule has 6 heteroatoms. The van der Waals surface area contributed by atoms with Crippen LogP contribution in [0.25, 0.3) is 0 Å². The average molecular weight is 265 g/mol. The lowest BCUT2D eigenvalue weighted by Crippen LogP contribution is -2.62. The Bertz CT molecular complexity index is 288. The van der Waals surface area contributed by atoms with E-state index in [1.807, 2.05) is 0 Å². The molecule has 0 saturated carbocycles. The van der Waals surface area contributed by atoms with Gasteiger partial charge in [0, 0.05) is 12.6 Å². The van der Waals surface area contributed by atoms with Gasteiger partial charge in [0.1, 0.15) is 12.1 Å². The minimum atomic E-state index is -1.41. The second-order valence-corrected chi connectivity index (χ2v) is 5.06. The fourth-order valence-corrected chi connectivity index (χ4v) is 1.79. The number of rotatable bonds is 5. The van der Waals surface area contributed by atoms with Gasteiger partial charge in [0.25, 0.3) is 0 Å². The van der Waals surface area contributed by atoms with Crippen molar-refractivity contribution in [1.29, 1.82) is 0 Å². The maximum absolute atomic E-state index is 11.8. The van der Waals surface area contributed by atoms with Crippen LogP contribution in [0.15, 0.2) is 0 Å². The molecule has 0 aliphatic carbocycles. The molecule has 17 heavy (non-hydrogen) atoms. The van der Waals surface area contributed by atoms with E-state index in [0.717, 1.165) is 4.90 Å². The molecular formula is C11H19ClNO4-. The quantitative estimate of drug-likeness (QED) is 0.684. The van der Waals surface area contributed by atoms with Crippen LogP contribution in [0.1, 0.15) is 27.7 Å². The molecular weight excluding hydrogens is 246 g/mol. The van der Waals surface area contributed by atoms with Gasteiger partial charge in [-0.05, 0) is 27.7 Å². The second-order valence-electron chi connectivity index (χ2n) is 4.79. The Balaban J connectivity index is 5.38. The molecule has 0 saturated heterocycles. The van der Waals surface area contributed by atoms with Gasteiger partial charge in [0.15, 0.2) is 5.78 Å². The SMILES string of the molecule is COC(C)C(C(=O)CCl)N(C(=O)[O-])C(C)(C)C. The van der Waals surface area contributed by atoms with E-state index in [1.165, 1.54) is 7.11 Å². The van der Waals surface area contributed by atoms with Crippen molar-refractivity contribution >= 4 is 23.5 Å². The van der Waals surface area contributed by atoms with E-state index in [-0.39, 0.29) is 5.88 Å². The predicted octanol–water partition coefficient (Wildman–Crippen LogP) is 0.642. The van der Waals surface area contributed by atoms with Gasteiger partial charge in [0.05, 0.1) is 12.0 Å². The number of amides is 1. The molecule has 0 aliphatic heterocycles. The first kappa shape index (κ1) is 16.2. The summed E-state index contributed by atoms with van der Waals surface area (Å²) in [6.45, 7) is 6.66. The van der Waals surface area contributed by atoms with Crippen LogP contribution in [-0.2, 0) is 9.53 Å². The Morgan fingerprint density at radius 1 is 1.41 bits per heavy atom. The van der Waals surface area contributed by atoms with Crippen LogP contribution in [0.5, 0.6) is 0 Å². The molecule has 2 unspecified atom stereocenters. The Kier molecular flexibility index (Phi) is 5.92. The van der Waals surface area contributed by atoms with Crippen LogP contribution < -0.4 is 5.11 Å². The molecule has 100 valence electrons. The van der Waals surface area contributed by atoms with Crippen LogP contribution in [-0.4, -0.2) is 47.5 Å². The lowest BCUT2D eigenvalue weighted by Gasteiger charge is -2.44. The maximum atomic E-state index is 11.8. The predicted molar refractivity (Wildman–Crippen MR) is 63.0 cm³/mol. The lowest BCUT2D eigenvalue weighted by atomic mass is 9.98. The van der Waals surface area contributed by atoms with E-state index < -0.39 is 29.6 Å². The normalized spacial score (nSPS) is 15.2. The highest BCUT2D eigenvalue weighted by Crippen LogP contribution is 2.21. The number of methoxy groups -OCH3 is 1. The molecule has 0 aromatic heterocycles. The van der Waals surface area contributed by atoms with Crippen molar-refractivity contribution < 1.29 is 19.4 Å². The van der Waals surface area contributed by atoms with Gasteiger partial charge < -0.3 is 19.5 Å². The summed E-state index contributed by atoms with van der Waals surface area (Å²) in [7, 11) is 1.41. The lowest BCUT2D eigenvalue weighted by molar-refractivity contribution is -0.274. The van der Waals surface area contributed by atoms with Gasteiger partial charge in [-0.25, -0.2) is 0 Å². The van der Waals surface area contributed by atoms with Crippen molar-refractivity contribution in [2.45, 2.75) is 45.4 Å². The third-order valence-electron chi connectivity index (χ3n) is 2.48. The van der Waals surface area contributed by atoms with Crippen LogP contribution in [0.3, 0.4) is 0 Å². The highest BCUT2D eigenvalue weighted by molar-refractivity contribution is 6.28. The number of carbonyl (C=O) groups excluding carboxylic acids is 2. The molecule has 5 nitrogen and oxygen atoms in total. The molecule has 0 N–H and O–H groups in total. The summed E-state index contributed by atoms with van der Waals surface area (Å²) < 4.78 is 5.05. The Labute approximate surface area is 107 Å². The summed E-state index contributed by atoms with van der Waals surface area (Å²) in [5, 5.41) is 11.2. The molecule has 0 spiro atoms. The smallest absolute Gasteiger partial charge is 0.172 e. The second kappa shape index (κ2) is 6.21. The van der Waals surface area contributed by atoms with Crippen LogP contribution in [0, 0.1) is 0 Å². The number of nitrogens with zero attached hydrogens (tertiary/aromatic N) is 1. The van der Waals surface area contributed by atoms with E-state index in [9.17, 15) is 14.7 Å². The van der Waals surface area contributed by atoms with Crippen molar-refractivity contribution in [1.82, 2.24) is 4.90 Å². The van der Waals surface area contributed by atoms with Gasteiger partial charge in [-0.2, -0.15) is 0 Å². The van der Waals surface area contributed by atoms with Crippen molar-refractivity contribution in [3.63, 3.8) is 0 Å². The molecule has 0 rings (SSSR count). The van der Waals surface area contributed by atoms with Crippen molar-refractivity contribution in [3.05, 3.63) is 0 Å². The third kappa shape index (κ3) is 4.16. The molecule has 0 bridgehead atoms. The monoisotopic (exact) mass is 264 g/mol. The van der Waals surface area contributed by atoms with Gasteiger partial charge in [0.2, 0.25) is 0 Å². The Morgan fingerprint density at radius 3 is 2.12 bits per heavy atom. The Hall–Kier alpha value is -0.810. The molecule has 0 radical (unpaired) electrons. The summed E-state index contributed by atoms with van der Waals surface area (Å²) >= 11 is 5.50. The number of alkyl halides is 1. The van der Waals surface area contributed by atoms with Gasteiger partial charge in [-0.3, -0.25) is 4.79 Å². The zero-order valence-corrected chi connectivity index (χ0v) is 11.6. The number of hydrogen-bond acceptors (Lipinski definition) is 4. The summed E-state index contributed by atoms with van der Waals surface area (Å²) in [4.78, 5) is 23.9. The minimum Gasteiger partial charge on any atom is -0.530 e. The zero-order chi connectivity index (χ0) is 13.8. The molecule has 2 atom stereocenters. The molecule has 1 amide bonds. The van der Waals surface area contributed by atoms with E-state index in [0.29, 0.717) is 0 Å². The highest BCUT2D eigenvalue weighted by atomic mass is 35.5. The summed E-state index contributed by atoms with van der Waals surface area (Å²) in [5.74, 6) is -0.668. The number of carboxylic acid groups (broad SMARTS) is 1. The van der Waals surface area contributed by atoms with Crippen LogP contribution in [0.2, 0.25) is 0 Å². The van der Waals surface area contributed by atoms with E-state index in [4.69, 9.17) is 16.3 Å². The topological polar surface area (TPSA) is 69.7 Å². The fourth-order valence-electron chi connectivity index (χ4n) is 1.63. The first-order chi connectivity index (χ1) is 7.66. The van der Waals surface area contributed by atoms with Crippen molar-refractivity contribution in [2.75, 3.05) is 13.0 Å². The standard InChI is InChI=1S/C11H20ClNO4/c1-7(17-5)9(8(14)6-12)13(10(15)16)11(2,3)4/h7,9H,6H2,1-5H3,(H,15,16)/p-1. The number of Topliss-reactive ketones (excluding diaryl/α,β-unsaturated/α-hetero) is 1. The molecule has 0 aliphatic rings. The minimum absolute atomic E-state index is 0.266. The van der Waals surface area contributed by atoms with Crippen molar-refractivity contribution in [3.8, 4) is 0 Å². The number of hydrogen-bond donors (Lipinski definition) is 0. The number of carbonyl (C=O) groups is 2. The molecule has 0 heterocycles. The largest absolute Gasteiger partial charge is 0.530 e.